The van der Waals surface area contributed by atoms with E-state index in [1.54, 1.807) is 0 Å². The average Bonchev–Trinajstić information content (AvgIpc) is 2.54. The lowest BCUT2D eigenvalue weighted by Crippen LogP contribution is -1.94. The van der Waals surface area contributed by atoms with Gasteiger partial charge in [0.15, 0.2) is 0 Å². The Labute approximate surface area is 91.0 Å². The highest BCUT2D eigenvalue weighted by Crippen LogP contribution is 2.16. The lowest BCUT2D eigenvalue weighted by atomic mass is 10.2. The molecule has 0 saturated heterocycles. The summed E-state index contributed by atoms with van der Waals surface area (Å²) >= 11 is 0. The van der Waals surface area contributed by atoms with E-state index in [1.807, 2.05) is 0 Å². The molecule has 0 aliphatic heterocycles. The summed E-state index contributed by atoms with van der Waals surface area (Å²) in [6, 6.07) is 4.29. The number of aromatic nitrogens is 2. The number of nitrogens with zero attached hydrogens (tertiary/aromatic N) is 2. The van der Waals surface area contributed by atoms with Crippen molar-refractivity contribution in [3.05, 3.63) is 35.3 Å². The van der Waals surface area contributed by atoms with Crippen molar-refractivity contribution in [3.8, 4) is 0 Å². The Hall–Kier alpha value is -1.31. The van der Waals surface area contributed by atoms with Gasteiger partial charge in [0.2, 0.25) is 0 Å². The Kier molecular flexibility index (Phi) is 2.76. The van der Waals surface area contributed by atoms with Gasteiger partial charge in [0, 0.05) is 11.9 Å². The number of hydrogen-bond acceptors (Lipinski definition) is 1. The molecule has 0 aliphatic carbocycles. The van der Waals surface area contributed by atoms with Crippen molar-refractivity contribution >= 4 is 5.65 Å². The van der Waals surface area contributed by atoms with Crippen molar-refractivity contribution < 1.29 is 0 Å². The fourth-order valence-corrected chi connectivity index (χ4v) is 2.06. The minimum atomic E-state index is 1.06. The first kappa shape index (κ1) is 10.2. The van der Waals surface area contributed by atoms with E-state index in [0.717, 1.165) is 24.9 Å². The molecule has 2 heteroatoms. The van der Waals surface area contributed by atoms with Crippen LogP contribution in [-0.2, 0) is 12.8 Å². The fraction of sp³-hybridized carbons (Fsp3) is 0.462. The Morgan fingerprint density at radius 2 is 2.13 bits per heavy atom. The van der Waals surface area contributed by atoms with Gasteiger partial charge in [0.25, 0.3) is 0 Å². The normalized spacial score (nSPS) is 11.1. The van der Waals surface area contributed by atoms with Gasteiger partial charge in [0.1, 0.15) is 5.65 Å². The van der Waals surface area contributed by atoms with Crippen molar-refractivity contribution in [1.29, 1.82) is 0 Å². The van der Waals surface area contributed by atoms with Crippen molar-refractivity contribution in [1.82, 2.24) is 9.38 Å². The molecule has 0 aromatic carbocycles. The number of hydrogen-bond donors (Lipinski definition) is 0. The number of fused-ring (bicyclic) bond motifs is 1. The van der Waals surface area contributed by atoms with Gasteiger partial charge in [-0.2, -0.15) is 0 Å². The van der Waals surface area contributed by atoms with E-state index in [4.69, 9.17) is 4.98 Å². The van der Waals surface area contributed by atoms with Gasteiger partial charge in [-0.1, -0.05) is 20.3 Å². The predicted octanol–water partition coefficient (Wildman–Crippen LogP) is 3.16. The predicted molar refractivity (Wildman–Crippen MR) is 63.3 cm³/mol. The van der Waals surface area contributed by atoms with E-state index in [2.05, 4.69) is 43.5 Å². The SMILES string of the molecule is CCCc1nc2cc(C)ccn2c1CC. The molecule has 0 radical (unpaired) electrons. The third-order valence-electron chi connectivity index (χ3n) is 2.79. The first-order valence-corrected chi connectivity index (χ1v) is 5.72. The molecule has 0 bridgehead atoms. The highest BCUT2D eigenvalue weighted by atomic mass is 15.0. The summed E-state index contributed by atoms with van der Waals surface area (Å²) in [5.41, 5.74) is 5.01. The quantitative estimate of drug-likeness (QED) is 0.747. The van der Waals surface area contributed by atoms with Crippen molar-refractivity contribution in [2.75, 3.05) is 0 Å². The summed E-state index contributed by atoms with van der Waals surface area (Å²) in [6.07, 6.45) is 5.44. The Balaban J connectivity index is 2.62. The highest BCUT2D eigenvalue weighted by Gasteiger charge is 2.08. The van der Waals surface area contributed by atoms with Crippen LogP contribution >= 0.6 is 0 Å². The second kappa shape index (κ2) is 4.05. The first-order valence-electron chi connectivity index (χ1n) is 5.72. The van der Waals surface area contributed by atoms with Gasteiger partial charge in [-0.05, 0) is 37.5 Å². The molecule has 2 nitrogen and oxygen atoms in total. The minimum absolute atomic E-state index is 1.06. The lowest BCUT2D eigenvalue weighted by molar-refractivity contribution is 0.860. The molecule has 0 atom stereocenters. The lowest BCUT2D eigenvalue weighted by Gasteiger charge is -2.00. The molecule has 0 spiro atoms. The molecular formula is C13H18N2. The summed E-state index contributed by atoms with van der Waals surface area (Å²) in [4.78, 5) is 4.70. The second-order valence-electron chi connectivity index (χ2n) is 4.04. The molecule has 0 aliphatic rings. The van der Waals surface area contributed by atoms with E-state index in [0.29, 0.717) is 0 Å². The van der Waals surface area contributed by atoms with E-state index in [9.17, 15) is 0 Å². The van der Waals surface area contributed by atoms with Crippen LogP contribution in [-0.4, -0.2) is 9.38 Å². The summed E-state index contributed by atoms with van der Waals surface area (Å²) in [6.45, 7) is 6.51. The van der Waals surface area contributed by atoms with Gasteiger partial charge in [-0.3, -0.25) is 0 Å². The van der Waals surface area contributed by atoms with Gasteiger partial charge >= 0.3 is 0 Å². The number of imidazole rings is 1. The monoisotopic (exact) mass is 202 g/mol. The molecule has 0 saturated carbocycles. The van der Waals surface area contributed by atoms with Crippen LogP contribution in [0.15, 0.2) is 18.3 Å². The maximum Gasteiger partial charge on any atom is 0.137 e. The minimum Gasteiger partial charge on any atom is -0.304 e. The van der Waals surface area contributed by atoms with E-state index in [-0.39, 0.29) is 0 Å². The molecule has 2 aromatic rings. The Bertz CT molecular complexity index is 469. The van der Waals surface area contributed by atoms with Crippen LogP contribution in [0.5, 0.6) is 0 Å². The maximum atomic E-state index is 4.70. The van der Waals surface area contributed by atoms with E-state index >= 15 is 0 Å². The number of pyridine rings is 1. The van der Waals surface area contributed by atoms with Gasteiger partial charge < -0.3 is 4.40 Å². The van der Waals surface area contributed by atoms with Crippen LogP contribution in [0.4, 0.5) is 0 Å². The summed E-state index contributed by atoms with van der Waals surface area (Å²) in [5, 5.41) is 0. The zero-order chi connectivity index (χ0) is 10.8. The van der Waals surface area contributed by atoms with E-state index in [1.165, 1.54) is 17.0 Å². The number of aryl methyl sites for hydroxylation is 3. The van der Waals surface area contributed by atoms with Crippen LogP contribution in [0, 0.1) is 6.92 Å². The van der Waals surface area contributed by atoms with Crippen LogP contribution in [0.25, 0.3) is 5.65 Å². The third-order valence-corrected chi connectivity index (χ3v) is 2.79. The molecule has 0 fully saturated rings. The van der Waals surface area contributed by atoms with Gasteiger partial charge in [-0.25, -0.2) is 4.98 Å². The molecule has 2 rings (SSSR count). The number of rotatable bonds is 3. The van der Waals surface area contributed by atoms with Crippen molar-refractivity contribution in [2.45, 2.75) is 40.0 Å². The standard InChI is InChI=1S/C13H18N2/c1-4-6-11-12(5-2)15-8-7-10(3)9-13(15)14-11/h7-9H,4-6H2,1-3H3. The topological polar surface area (TPSA) is 17.3 Å². The van der Waals surface area contributed by atoms with Gasteiger partial charge in [-0.15, -0.1) is 0 Å². The van der Waals surface area contributed by atoms with Crippen molar-refractivity contribution in [3.63, 3.8) is 0 Å². The molecule has 15 heavy (non-hydrogen) atoms. The Morgan fingerprint density at radius 1 is 1.33 bits per heavy atom. The maximum absolute atomic E-state index is 4.70. The largest absolute Gasteiger partial charge is 0.304 e. The van der Waals surface area contributed by atoms with Gasteiger partial charge in [0.05, 0.1) is 5.69 Å². The summed E-state index contributed by atoms with van der Waals surface area (Å²) < 4.78 is 2.22. The molecule has 0 unspecified atom stereocenters. The van der Waals surface area contributed by atoms with Crippen LogP contribution in [0.2, 0.25) is 0 Å². The fourth-order valence-electron chi connectivity index (χ4n) is 2.06. The zero-order valence-corrected chi connectivity index (χ0v) is 9.75. The van der Waals surface area contributed by atoms with Crippen molar-refractivity contribution in [2.24, 2.45) is 0 Å². The second-order valence-corrected chi connectivity index (χ2v) is 4.04. The molecular weight excluding hydrogens is 184 g/mol. The van der Waals surface area contributed by atoms with Crippen LogP contribution in [0.1, 0.15) is 37.2 Å². The molecule has 2 heterocycles. The Morgan fingerprint density at radius 3 is 2.80 bits per heavy atom. The molecule has 0 N–H and O–H groups in total. The molecule has 0 amide bonds. The molecule has 2 aromatic heterocycles. The highest BCUT2D eigenvalue weighted by molar-refractivity contribution is 5.45. The summed E-state index contributed by atoms with van der Waals surface area (Å²) in [7, 11) is 0. The first-order chi connectivity index (χ1) is 7.26. The van der Waals surface area contributed by atoms with Crippen LogP contribution in [0.3, 0.4) is 0 Å². The zero-order valence-electron chi connectivity index (χ0n) is 9.75. The smallest absolute Gasteiger partial charge is 0.137 e. The molecule has 80 valence electrons. The average molecular weight is 202 g/mol. The van der Waals surface area contributed by atoms with E-state index < -0.39 is 0 Å². The summed E-state index contributed by atoms with van der Waals surface area (Å²) in [5.74, 6) is 0. The van der Waals surface area contributed by atoms with Crippen LogP contribution < -0.4 is 0 Å². The third kappa shape index (κ3) is 1.76.